The minimum Gasteiger partial charge on any atom is -0.381 e. The van der Waals surface area contributed by atoms with E-state index in [9.17, 15) is 0 Å². The van der Waals surface area contributed by atoms with Crippen molar-refractivity contribution in [2.45, 2.75) is 39.5 Å². The second-order valence-electron chi connectivity index (χ2n) is 5.41. The molecule has 0 saturated carbocycles. The summed E-state index contributed by atoms with van der Waals surface area (Å²) in [6.45, 7) is 6.98. The molecule has 20 heavy (non-hydrogen) atoms. The molecule has 112 valence electrons. The highest BCUT2D eigenvalue weighted by atomic mass is 16.5. The van der Waals surface area contributed by atoms with Crippen LogP contribution in [0.3, 0.4) is 0 Å². The van der Waals surface area contributed by atoms with Crippen LogP contribution >= 0.6 is 0 Å². The molecule has 5 heteroatoms. The molecule has 0 aliphatic carbocycles. The van der Waals surface area contributed by atoms with Gasteiger partial charge in [-0.3, -0.25) is 0 Å². The topological polar surface area (TPSA) is 59.1 Å². The summed E-state index contributed by atoms with van der Waals surface area (Å²) in [6.07, 6.45) is 4.31. The molecular formula is C15H26N4O. The predicted molar refractivity (Wildman–Crippen MR) is 82.3 cm³/mol. The third-order valence-corrected chi connectivity index (χ3v) is 3.77. The number of nitrogens with one attached hydrogen (secondary N) is 2. The molecule has 0 bridgehead atoms. The SMILES string of the molecule is CCCc1nc(NC)c(C)c(NCCC2CCOC2)n1. The molecule has 0 radical (unpaired) electrons. The number of ether oxygens (including phenoxy) is 1. The van der Waals surface area contributed by atoms with E-state index in [1.807, 2.05) is 7.05 Å². The van der Waals surface area contributed by atoms with Gasteiger partial charge in [0.1, 0.15) is 17.5 Å². The molecule has 1 aromatic heterocycles. The van der Waals surface area contributed by atoms with E-state index in [-0.39, 0.29) is 0 Å². The van der Waals surface area contributed by atoms with Gasteiger partial charge in [-0.25, -0.2) is 9.97 Å². The molecular weight excluding hydrogens is 252 g/mol. The highest BCUT2D eigenvalue weighted by molar-refractivity contribution is 5.56. The first-order valence-electron chi connectivity index (χ1n) is 7.61. The van der Waals surface area contributed by atoms with E-state index >= 15 is 0 Å². The van der Waals surface area contributed by atoms with Gasteiger partial charge in [-0.05, 0) is 32.1 Å². The molecule has 0 amide bonds. The molecule has 2 N–H and O–H groups in total. The lowest BCUT2D eigenvalue weighted by molar-refractivity contribution is 0.185. The second kappa shape index (κ2) is 7.43. The second-order valence-corrected chi connectivity index (χ2v) is 5.41. The number of nitrogens with zero attached hydrogens (tertiary/aromatic N) is 2. The lowest BCUT2D eigenvalue weighted by Crippen LogP contribution is -2.13. The molecule has 1 aromatic rings. The summed E-state index contributed by atoms with van der Waals surface area (Å²) in [5.74, 6) is 3.50. The minimum absolute atomic E-state index is 0.698. The van der Waals surface area contributed by atoms with Crippen LogP contribution in [0.1, 0.15) is 37.6 Å². The molecule has 2 rings (SSSR count). The van der Waals surface area contributed by atoms with Crippen LogP contribution in [0.2, 0.25) is 0 Å². The highest BCUT2D eigenvalue weighted by Crippen LogP contribution is 2.21. The molecule has 1 saturated heterocycles. The number of hydrogen-bond acceptors (Lipinski definition) is 5. The van der Waals surface area contributed by atoms with Crippen molar-refractivity contribution < 1.29 is 4.74 Å². The summed E-state index contributed by atoms with van der Waals surface area (Å²) >= 11 is 0. The maximum absolute atomic E-state index is 5.41. The van der Waals surface area contributed by atoms with Crippen LogP contribution in [0.4, 0.5) is 11.6 Å². The van der Waals surface area contributed by atoms with E-state index in [0.29, 0.717) is 5.92 Å². The Balaban J connectivity index is 1.98. The predicted octanol–water partition coefficient (Wildman–Crippen LogP) is 2.62. The first-order valence-corrected chi connectivity index (χ1v) is 7.61. The molecule has 1 atom stereocenters. The van der Waals surface area contributed by atoms with Gasteiger partial charge in [0.25, 0.3) is 0 Å². The molecule has 1 fully saturated rings. The van der Waals surface area contributed by atoms with E-state index in [4.69, 9.17) is 4.74 Å². The van der Waals surface area contributed by atoms with Crippen molar-refractivity contribution in [1.29, 1.82) is 0 Å². The Morgan fingerprint density at radius 3 is 2.75 bits per heavy atom. The van der Waals surface area contributed by atoms with Crippen molar-refractivity contribution in [1.82, 2.24) is 9.97 Å². The summed E-state index contributed by atoms with van der Waals surface area (Å²) in [7, 11) is 1.91. The molecule has 5 nitrogen and oxygen atoms in total. The van der Waals surface area contributed by atoms with E-state index in [2.05, 4.69) is 34.4 Å². The fourth-order valence-corrected chi connectivity index (χ4v) is 2.52. The van der Waals surface area contributed by atoms with Gasteiger partial charge >= 0.3 is 0 Å². The average molecular weight is 278 g/mol. The average Bonchev–Trinajstić information content (AvgIpc) is 2.95. The zero-order valence-electron chi connectivity index (χ0n) is 12.8. The Kier molecular flexibility index (Phi) is 5.59. The Bertz CT molecular complexity index is 430. The van der Waals surface area contributed by atoms with Gasteiger partial charge in [-0.1, -0.05) is 6.92 Å². The van der Waals surface area contributed by atoms with Crippen molar-refractivity contribution in [2.75, 3.05) is 37.4 Å². The van der Waals surface area contributed by atoms with Gasteiger partial charge in [-0.2, -0.15) is 0 Å². The van der Waals surface area contributed by atoms with E-state index in [1.165, 1.54) is 6.42 Å². The third-order valence-electron chi connectivity index (χ3n) is 3.77. The molecule has 1 aliphatic heterocycles. The van der Waals surface area contributed by atoms with E-state index in [1.54, 1.807) is 0 Å². The smallest absolute Gasteiger partial charge is 0.134 e. The standard InChI is InChI=1S/C15H26N4O/c1-4-5-13-18-14(16-3)11(2)15(19-13)17-8-6-12-7-9-20-10-12/h12H,4-10H2,1-3H3,(H2,16,17,18,19). The fourth-order valence-electron chi connectivity index (χ4n) is 2.52. The number of aryl methyl sites for hydroxylation is 1. The summed E-state index contributed by atoms with van der Waals surface area (Å²) < 4.78 is 5.41. The molecule has 1 unspecified atom stereocenters. The molecule has 0 aromatic carbocycles. The summed E-state index contributed by atoms with van der Waals surface area (Å²) in [5.41, 5.74) is 1.09. The van der Waals surface area contributed by atoms with Gasteiger partial charge in [-0.15, -0.1) is 0 Å². The van der Waals surface area contributed by atoms with Crippen molar-refractivity contribution in [3.05, 3.63) is 11.4 Å². The van der Waals surface area contributed by atoms with Crippen LogP contribution in [-0.4, -0.2) is 36.8 Å². The van der Waals surface area contributed by atoms with Crippen LogP contribution < -0.4 is 10.6 Å². The van der Waals surface area contributed by atoms with Crippen LogP contribution in [0.5, 0.6) is 0 Å². The van der Waals surface area contributed by atoms with Gasteiger partial charge in [0.2, 0.25) is 0 Å². The van der Waals surface area contributed by atoms with Crippen molar-refractivity contribution in [2.24, 2.45) is 5.92 Å². The monoisotopic (exact) mass is 278 g/mol. The quantitative estimate of drug-likeness (QED) is 0.803. The molecule has 0 spiro atoms. The number of aromatic nitrogens is 2. The number of rotatable bonds is 7. The van der Waals surface area contributed by atoms with E-state index in [0.717, 1.165) is 62.0 Å². The normalized spacial score (nSPS) is 18.2. The summed E-state index contributed by atoms with van der Waals surface area (Å²) in [4.78, 5) is 9.19. The summed E-state index contributed by atoms with van der Waals surface area (Å²) in [5, 5.41) is 6.62. The van der Waals surface area contributed by atoms with Gasteiger partial charge in [0.05, 0.1) is 0 Å². The van der Waals surface area contributed by atoms with Crippen molar-refractivity contribution in [3.63, 3.8) is 0 Å². The largest absolute Gasteiger partial charge is 0.381 e. The Morgan fingerprint density at radius 1 is 1.30 bits per heavy atom. The Morgan fingerprint density at radius 2 is 2.10 bits per heavy atom. The minimum atomic E-state index is 0.698. The van der Waals surface area contributed by atoms with Gasteiger partial charge in [0, 0.05) is 38.8 Å². The Labute approximate surface area is 121 Å². The maximum atomic E-state index is 5.41. The molecule has 2 heterocycles. The molecule has 1 aliphatic rings. The Hall–Kier alpha value is -1.36. The summed E-state index contributed by atoms with van der Waals surface area (Å²) in [6, 6.07) is 0. The highest BCUT2D eigenvalue weighted by Gasteiger charge is 2.15. The fraction of sp³-hybridized carbons (Fsp3) is 0.733. The van der Waals surface area contributed by atoms with Crippen LogP contribution in [-0.2, 0) is 11.2 Å². The zero-order valence-corrected chi connectivity index (χ0v) is 12.8. The lowest BCUT2D eigenvalue weighted by Gasteiger charge is -2.14. The van der Waals surface area contributed by atoms with Crippen LogP contribution in [0, 0.1) is 12.8 Å². The van der Waals surface area contributed by atoms with Gasteiger partial charge in [0.15, 0.2) is 0 Å². The van der Waals surface area contributed by atoms with Crippen molar-refractivity contribution >= 4 is 11.6 Å². The number of hydrogen-bond donors (Lipinski definition) is 2. The van der Waals surface area contributed by atoms with E-state index < -0.39 is 0 Å². The first-order chi connectivity index (χ1) is 9.74. The van der Waals surface area contributed by atoms with Crippen LogP contribution in [0.15, 0.2) is 0 Å². The number of anilines is 2. The first kappa shape index (κ1) is 15.0. The maximum Gasteiger partial charge on any atom is 0.134 e. The third kappa shape index (κ3) is 3.82. The van der Waals surface area contributed by atoms with Gasteiger partial charge < -0.3 is 15.4 Å². The zero-order chi connectivity index (χ0) is 14.4. The van der Waals surface area contributed by atoms with Crippen molar-refractivity contribution in [3.8, 4) is 0 Å². The van der Waals surface area contributed by atoms with Crippen LogP contribution in [0.25, 0.3) is 0 Å². The lowest BCUT2D eigenvalue weighted by atomic mass is 10.1.